The highest BCUT2D eigenvalue weighted by Gasteiger charge is 1.90. The van der Waals surface area contributed by atoms with Gasteiger partial charge in [-0.3, -0.25) is 0 Å². The molecule has 0 radical (unpaired) electrons. The number of rotatable bonds is 8. The predicted octanol–water partition coefficient (Wildman–Crippen LogP) is 1.89. The second kappa shape index (κ2) is 8.60. The van der Waals surface area contributed by atoms with Crippen LogP contribution >= 0.6 is 0 Å². The van der Waals surface area contributed by atoms with Gasteiger partial charge in [0.05, 0.1) is 0 Å². The van der Waals surface area contributed by atoms with Crippen molar-refractivity contribution < 1.29 is 0 Å². The fourth-order valence-corrected chi connectivity index (χ4v) is 0.979. The normalized spacial score (nSPS) is 9.83. The number of nitrogens with one attached hydrogen (secondary N) is 2. The van der Waals surface area contributed by atoms with Gasteiger partial charge in [-0.25, -0.2) is 0 Å². The molecule has 0 amide bonds. The zero-order chi connectivity index (χ0) is 9.23. The fraction of sp³-hybridized carbons (Fsp3) is 0.800. The first kappa shape index (κ1) is 11.5. The summed E-state index contributed by atoms with van der Waals surface area (Å²) in [5.74, 6) is 0. The first-order chi connectivity index (χ1) is 5.81. The monoisotopic (exact) mass is 170 g/mol. The Morgan fingerprint density at radius 1 is 1.25 bits per heavy atom. The third-order valence-electron chi connectivity index (χ3n) is 1.89. The van der Waals surface area contributed by atoms with Crippen LogP contribution in [0.2, 0.25) is 0 Å². The van der Waals surface area contributed by atoms with Crippen LogP contribution < -0.4 is 10.6 Å². The van der Waals surface area contributed by atoms with Gasteiger partial charge in [0.1, 0.15) is 0 Å². The second-order valence-electron chi connectivity index (χ2n) is 3.06. The molecule has 0 aromatic carbocycles. The summed E-state index contributed by atoms with van der Waals surface area (Å²) in [7, 11) is 1.92. The Hall–Kier alpha value is -0.500. The van der Waals surface area contributed by atoms with E-state index in [4.69, 9.17) is 0 Å². The smallest absolute Gasteiger partial charge is 0.00315 e. The molecule has 0 aromatic rings. The van der Waals surface area contributed by atoms with Gasteiger partial charge in [0, 0.05) is 12.7 Å². The van der Waals surface area contributed by atoms with Crippen molar-refractivity contribution in [1.82, 2.24) is 10.6 Å². The summed E-state index contributed by atoms with van der Waals surface area (Å²) in [6.07, 6.45) is 4.82. The molecule has 0 bridgehead atoms. The highest BCUT2D eigenvalue weighted by Crippen LogP contribution is 1.95. The van der Waals surface area contributed by atoms with E-state index in [0.29, 0.717) is 0 Å². The van der Waals surface area contributed by atoms with Gasteiger partial charge < -0.3 is 10.6 Å². The van der Waals surface area contributed by atoms with Crippen molar-refractivity contribution in [3.8, 4) is 0 Å². The molecular formula is C10H22N2. The quantitative estimate of drug-likeness (QED) is 0.544. The van der Waals surface area contributed by atoms with Crippen molar-refractivity contribution in [3.05, 3.63) is 12.3 Å². The van der Waals surface area contributed by atoms with E-state index in [1.807, 2.05) is 7.05 Å². The standard InChI is InChI=1S/C10H22N2/c1-4-5-8-12-9-6-7-10(2)11-3/h11-12H,2,4-9H2,1,3H3. The molecule has 0 aliphatic rings. The van der Waals surface area contributed by atoms with Gasteiger partial charge >= 0.3 is 0 Å². The molecule has 2 heteroatoms. The van der Waals surface area contributed by atoms with Crippen LogP contribution in [0.15, 0.2) is 12.3 Å². The fourth-order valence-electron chi connectivity index (χ4n) is 0.979. The summed E-state index contributed by atoms with van der Waals surface area (Å²) < 4.78 is 0. The third-order valence-corrected chi connectivity index (χ3v) is 1.89. The summed E-state index contributed by atoms with van der Waals surface area (Å²) in [6, 6.07) is 0. The molecule has 0 saturated carbocycles. The number of allylic oxidation sites excluding steroid dienone is 1. The zero-order valence-electron chi connectivity index (χ0n) is 8.45. The van der Waals surface area contributed by atoms with Crippen LogP contribution in [-0.2, 0) is 0 Å². The Morgan fingerprint density at radius 2 is 1.92 bits per heavy atom. The predicted molar refractivity (Wildman–Crippen MR) is 55.2 cm³/mol. The molecule has 0 saturated heterocycles. The molecule has 0 aliphatic heterocycles. The Morgan fingerprint density at radius 3 is 2.50 bits per heavy atom. The van der Waals surface area contributed by atoms with Crippen molar-refractivity contribution in [2.45, 2.75) is 32.6 Å². The second-order valence-corrected chi connectivity index (χ2v) is 3.06. The topological polar surface area (TPSA) is 24.1 Å². The summed E-state index contributed by atoms with van der Waals surface area (Å²) in [4.78, 5) is 0. The van der Waals surface area contributed by atoms with Gasteiger partial charge in [-0.1, -0.05) is 19.9 Å². The number of hydrogen-bond acceptors (Lipinski definition) is 2. The van der Waals surface area contributed by atoms with Crippen LogP contribution in [0.5, 0.6) is 0 Å². The molecule has 0 aromatic heterocycles. The molecule has 0 heterocycles. The van der Waals surface area contributed by atoms with E-state index in [9.17, 15) is 0 Å². The van der Waals surface area contributed by atoms with Crippen LogP contribution in [0.4, 0.5) is 0 Å². The van der Waals surface area contributed by atoms with E-state index in [1.54, 1.807) is 0 Å². The van der Waals surface area contributed by atoms with E-state index in [-0.39, 0.29) is 0 Å². The highest BCUT2D eigenvalue weighted by atomic mass is 14.9. The lowest BCUT2D eigenvalue weighted by atomic mass is 10.2. The highest BCUT2D eigenvalue weighted by molar-refractivity contribution is 4.88. The minimum atomic E-state index is 1.08. The summed E-state index contributed by atoms with van der Waals surface area (Å²) in [5, 5.41) is 6.44. The number of unbranched alkanes of at least 4 members (excludes halogenated alkanes) is 1. The van der Waals surface area contributed by atoms with Crippen molar-refractivity contribution in [2.24, 2.45) is 0 Å². The zero-order valence-corrected chi connectivity index (χ0v) is 8.45. The van der Waals surface area contributed by atoms with E-state index in [0.717, 1.165) is 25.2 Å². The SMILES string of the molecule is C=C(CCCNCCCC)NC. The van der Waals surface area contributed by atoms with Crippen LogP contribution in [0, 0.1) is 0 Å². The lowest BCUT2D eigenvalue weighted by Gasteiger charge is -2.05. The maximum atomic E-state index is 3.87. The molecule has 0 spiro atoms. The molecular weight excluding hydrogens is 148 g/mol. The van der Waals surface area contributed by atoms with E-state index >= 15 is 0 Å². The average molecular weight is 170 g/mol. The van der Waals surface area contributed by atoms with E-state index in [2.05, 4.69) is 24.1 Å². The van der Waals surface area contributed by atoms with Crippen molar-refractivity contribution in [2.75, 3.05) is 20.1 Å². The summed E-state index contributed by atoms with van der Waals surface area (Å²) in [6.45, 7) is 8.35. The van der Waals surface area contributed by atoms with Gasteiger partial charge in [0.25, 0.3) is 0 Å². The van der Waals surface area contributed by atoms with Crippen LogP contribution in [-0.4, -0.2) is 20.1 Å². The maximum absolute atomic E-state index is 3.87. The van der Waals surface area contributed by atoms with Gasteiger partial charge in [-0.15, -0.1) is 0 Å². The Bertz CT molecular complexity index is 110. The molecule has 0 fully saturated rings. The summed E-state index contributed by atoms with van der Waals surface area (Å²) >= 11 is 0. The van der Waals surface area contributed by atoms with Gasteiger partial charge in [0.2, 0.25) is 0 Å². The molecule has 0 aliphatic carbocycles. The average Bonchev–Trinajstić information content (AvgIpc) is 2.10. The van der Waals surface area contributed by atoms with Crippen LogP contribution in [0.1, 0.15) is 32.6 Å². The van der Waals surface area contributed by atoms with Gasteiger partial charge in [0.15, 0.2) is 0 Å². The lowest BCUT2D eigenvalue weighted by Crippen LogP contribution is -2.17. The maximum Gasteiger partial charge on any atom is 0.00315 e. The van der Waals surface area contributed by atoms with Gasteiger partial charge in [-0.2, -0.15) is 0 Å². The van der Waals surface area contributed by atoms with Crippen LogP contribution in [0.25, 0.3) is 0 Å². The first-order valence-corrected chi connectivity index (χ1v) is 4.87. The Balaban J connectivity index is 2.95. The molecule has 2 nitrogen and oxygen atoms in total. The molecule has 2 N–H and O–H groups in total. The Kier molecular flexibility index (Phi) is 8.24. The van der Waals surface area contributed by atoms with Crippen molar-refractivity contribution in [3.63, 3.8) is 0 Å². The van der Waals surface area contributed by atoms with E-state index in [1.165, 1.54) is 19.3 Å². The Labute approximate surface area is 76.4 Å². The number of hydrogen-bond donors (Lipinski definition) is 2. The minimum Gasteiger partial charge on any atom is -0.392 e. The molecule has 72 valence electrons. The van der Waals surface area contributed by atoms with Gasteiger partial charge in [-0.05, 0) is 32.4 Å². The summed E-state index contributed by atoms with van der Waals surface area (Å²) in [5.41, 5.74) is 1.13. The molecule has 12 heavy (non-hydrogen) atoms. The molecule has 0 atom stereocenters. The molecule has 0 unspecified atom stereocenters. The van der Waals surface area contributed by atoms with E-state index < -0.39 is 0 Å². The van der Waals surface area contributed by atoms with Crippen LogP contribution in [0.3, 0.4) is 0 Å². The lowest BCUT2D eigenvalue weighted by molar-refractivity contribution is 0.610. The third kappa shape index (κ3) is 7.61. The van der Waals surface area contributed by atoms with Crippen molar-refractivity contribution in [1.29, 1.82) is 0 Å². The first-order valence-electron chi connectivity index (χ1n) is 4.87. The molecule has 0 rings (SSSR count). The van der Waals surface area contributed by atoms with Crippen molar-refractivity contribution >= 4 is 0 Å². The largest absolute Gasteiger partial charge is 0.392 e. The minimum absolute atomic E-state index is 1.08.